The van der Waals surface area contributed by atoms with Gasteiger partial charge in [0, 0.05) is 11.2 Å². The van der Waals surface area contributed by atoms with E-state index in [4.69, 9.17) is 4.74 Å². The van der Waals surface area contributed by atoms with Crippen molar-refractivity contribution in [3.05, 3.63) is 29.8 Å². The number of para-hydroxylation sites is 1. The van der Waals surface area contributed by atoms with Crippen LogP contribution in [0.1, 0.15) is 47.1 Å². The van der Waals surface area contributed by atoms with Crippen LogP contribution in [0, 0.1) is 11.3 Å². The van der Waals surface area contributed by atoms with Gasteiger partial charge in [0.05, 0.1) is 6.61 Å². The van der Waals surface area contributed by atoms with Crippen molar-refractivity contribution in [3.8, 4) is 5.75 Å². The van der Waals surface area contributed by atoms with Crippen LogP contribution in [0.4, 0.5) is 0 Å². The summed E-state index contributed by atoms with van der Waals surface area (Å²) in [5.74, 6) is 1.52. The highest BCUT2D eigenvalue weighted by Gasteiger charge is 2.25. The zero-order chi connectivity index (χ0) is 14.7. The number of hydrogen-bond donors (Lipinski definition) is 0. The van der Waals surface area contributed by atoms with Crippen LogP contribution in [0.5, 0.6) is 5.75 Å². The van der Waals surface area contributed by atoms with Crippen molar-refractivity contribution in [1.82, 2.24) is 0 Å². The lowest BCUT2D eigenvalue weighted by molar-refractivity contribution is 0.164. The zero-order valence-electron chi connectivity index (χ0n) is 13.1. The number of ether oxygens (including phenoxy) is 1. The van der Waals surface area contributed by atoms with E-state index in [1.165, 1.54) is 5.56 Å². The molecule has 0 heterocycles. The molecule has 0 saturated carbocycles. The molecule has 0 N–H and O–H groups in total. The van der Waals surface area contributed by atoms with E-state index in [-0.39, 0.29) is 10.8 Å². The lowest BCUT2D eigenvalue weighted by Crippen LogP contribution is -2.28. The van der Waals surface area contributed by atoms with Gasteiger partial charge in [-0.2, -0.15) is 0 Å². The Kier molecular flexibility index (Phi) is 5.49. The molecule has 0 radical (unpaired) electrons. The molecule has 1 rings (SSSR count). The molecule has 0 saturated heterocycles. The van der Waals surface area contributed by atoms with Gasteiger partial charge in [-0.25, -0.2) is 0 Å². The summed E-state index contributed by atoms with van der Waals surface area (Å²) in [5, 5.41) is 0.966. The molecule has 0 spiro atoms. The van der Waals surface area contributed by atoms with Crippen molar-refractivity contribution in [3.63, 3.8) is 0 Å². The maximum atomic E-state index is 6.11. The Morgan fingerprint density at radius 3 is 2.11 bits per heavy atom. The second kappa shape index (κ2) is 6.30. The van der Waals surface area contributed by atoms with Gasteiger partial charge in [-0.15, -0.1) is 0 Å². The first-order chi connectivity index (χ1) is 8.66. The van der Waals surface area contributed by atoms with Gasteiger partial charge in [-0.05, 0) is 22.5 Å². The number of halogens is 1. The van der Waals surface area contributed by atoms with Gasteiger partial charge in [-0.1, -0.05) is 75.7 Å². The zero-order valence-corrected chi connectivity index (χ0v) is 14.7. The third-order valence-electron chi connectivity index (χ3n) is 3.55. The van der Waals surface area contributed by atoms with E-state index >= 15 is 0 Å². The molecule has 0 aliphatic heterocycles. The van der Waals surface area contributed by atoms with Gasteiger partial charge in [0.1, 0.15) is 5.75 Å². The average molecular weight is 327 g/mol. The van der Waals surface area contributed by atoms with Gasteiger partial charge in [0.15, 0.2) is 0 Å². The molecule has 19 heavy (non-hydrogen) atoms. The predicted molar refractivity (Wildman–Crippen MR) is 87.4 cm³/mol. The number of alkyl halides is 1. The molecule has 1 unspecified atom stereocenters. The summed E-state index contributed by atoms with van der Waals surface area (Å²) in [7, 11) is 0. The van der Waals surface area contributed by atoms with Crippen molar-refractivity contribution in [2.75, 3.05) is 11.9 Å². The molecule has 1 atom stereocenters. The molecule has 1 nitrogen and oxygen atoms in total. The SMILES string of the molecule is CC(C)(C)c1ccccc1OCC(CBr)C(C)(C)C. The number of benzene rings is 1. The standard InChI is InChI=1S/C17H27BrO/c1-16(2,3)13(11-18)12-19-15-10-8-7-9-14(15)17(4,5)6/h7-10,13H,11-12H2,1-6H3. The Labute approximate surface area is 126 Å². The first-order valence-corrected chi connectivity index (χ1v) is 8.06. The summed E-state index contributed by atoms with van der Waals surface area (Å²) in [6, 6.07) is 8.37. The van der Waals surface area contributed by atoms with E-state index in [2.05, 4.69) is 75.7 Å². The van der Waals surface area contributed by atoms with E-state index < -0.39 is 0 Å². The van der Waals surface area contributed by atoms with Crippen molar-refractivity contribution in [1.29, 1.82) is 0 Å². The first kappa shape index (κ1) is 16.6. The first-order valence-electron chi connectivity index (χ1n) is 6.94. The maximum absolute atomic E-state index is 6.11. The molecule has 0 aromatic heterocycles. The smallest absolute Gasteiger partial charge is 0.123 e. The Balaban J connectivity index is 2.84. The summed E-state index contributed by atoms with van der Waals surface area (Å²) in [4.78, 5) is 0. The van der Waals surface area contributed by atoms with Gasteiger partial charge in [0.25, 0.3) is 0 Å². The molecule has 0 amide bonds. The fourth-order valence-corrected chi connectivity index (χ4v) is 3.09. The summed E-state index contributed by atoms with van der Waals surface area (Å²) in [5.41, 5.74) is 1.64. The van der Waals surface area contributed by atoms with Gasteiger partial charge in [0.2, 0.25) is 0 Å². The van der Waals surface area contributed by atoms with E-state index in [1.807, 2.05) is 6.07 Å². The van der Waals surface area contributed by atoms with Crippen molar-refractivity contribution >= 4 is 15.9 Å². The Bertz CT molecular complexity index is 398. The molecule has 0 aliphatic rings. The average Bonchev–Trinajstić information content (AvgIpc) is 2.27. The minimum absolute atomic E-state index is 0.113. The summed E-state index contributed by atoms with van der Waals surface area (Å²) in [6.07, 6.45) is 0. The van der Waals surface area contributed by atoms with Crippen LogP contribution in [0.25, 0.3) is 0 Å². The molecular weight excluding hydrogens is 300 g/mol. The monoisotopic (exact) mass is 326 g/mol. The van der Waals surface area contributed by atoms with Gasteiger partial charge in [-0.3, -0.25) is 0 Å². The molecule has 108 valence electrons. The molecule has 2 heteroatoms. The molecule has 0 fully saturated rings. The van der Waals surface area contributed by atoms with Crippen LogP contribution >= 0.6 is 15.9 Å². The van der Waals surface area contributed by atoms with Gasteiger partial charge >= 0.3 is 0 Å². The van der Waals surface area contributed by atoms with Crippen LogP contribution in [0.15, 0.2) is 24.3 Å². The fraction of sp³-hybridized carbons (Fsp3) is 0.647. The summed E-state index contributed by atoms with van der Waals surface area (Å²) in [6.45, 7) is 14.2. The Hall–Kier alpha value is -0.500. The Morgan fingerprint density at radius 1 is 1.05 bits per heavy atom. The molecule has 0 aliphatic carbocycles. The minimum atomic E-state index is 0.113. The van der Waals surface area contributed by atoms with E-state index in [0.717, 1.165) is 17.7 Å². The highest BCUT2D eigenvalue weighted by atomic mass is 79.9. The minimum Gasteiger partial charge on any atom is -0.493 e. The van der Waals surface area contributed by atoms with Crippen molar-refractivity contribution < 1.29 is 4.74 Å². The molecule has 1 aromatic rings. The summed E-state index contributed by atoms with van der Waals surface area (Å²) < 4.78 is 6.11. The van der Waals surface area contributed by atoms with Gasteiger partial charge < -0.3 is 4.74 Å². The number of rotatable bonds is 4. The highest BCUT2D eigenvalue weighted by molar-refractivity contribution is 9.09. The van der Waals surface area contributed by atoms with Crippen LogP contribution in [-0.4, -0.2) is 11.9 Å². The van der Waals surface area contributed by atoms with Crippen molar-refractivity contribution in [2.24, 2.45) is 11.3 Å². The van der Waals surface area contributed by atoms with Crippen LogP contribution < -0.4 is 4.74 Å². The van der Waals surface area contributed by atoms with E-state index in [0.29, 0.717) is 5.92 Å². The van der Waals surface area contributed by atoms with Crippen LogP contribution in [-0.2, 0) is 5.41 Å². The molecule has 1 aromatic carbocycles. The third kappa shape index (κ3) is 4.83. The number of hydrogen-bond acceptors (Lipinski definition) is 1. The normalized spacial score (nSPS) is 14.3. The van der Waals surface area contributed by atoms with Crippen molar-refractivity contribution in [2.45, 2.75) is 47.0 Å². The lowest BCUT2D eigenvalue weighted by atomic mass is 9.82. The third-order valence-corrected chi connectivity index (χ3v) is 4.33. The summed E-state index contributed by atoms with van der Waals surface area (Å²) >= 11 is 3.60. The Morgan fingerprint density at radius 2 is 1.63 bits per heavy atom. The largest absolute Gasteiger partial charge is 0.493 e. The molecule has 0 bridgehead atoms. The second-order valence-corrected chi connectivity index (χ2v) is 7.92. The van der Waals surface area contributed by atoms with Crippen LogP contribution in [0.2, 0.25) is 0 Å². The fourth-order valence-electron chi connectivity index (χ4n) is 1.93. The van der Waals surface area contributed by atoms with Crippen LogP contribution in [0.3, 0.4) is 0 Å². The quantitative estimate of drug-likeness (QED) is 0.671. The predicted octanol–water partition coefficient (Wildman–Crippen LogP) is 5.42. The topological polar surface area (TPSA) is 9.23 Å². The highest BCUT2D eigenvalue weighted by Crippen LogP contribution is 2.33. The maximum Gasteiger partial charge on any atom is 0.123 e. The lowest BCUT2D eigenvalue weighted by Gasteiger charge is -2.30. The van der Waals surface area contributed by atoms with E-state index in [9.17, 15) is 0 Å². The van der Waals surface area contributed by atoms with E-state index in [1.54, 1.807) is 0 Å². The second-order valence-electron chi connectivity index (χ2n) is 7.27. The molecular formula is C17H27BrO.